The lowest BCUT2D eigenvalue weighted by molar-refractivity contribution is 0.514. The number of nitrogens with one attached hydrogen (secondary N) is 1. The quantitative estimate of drug-likeness (QED) is 0.616. The number of benzene rings is 1. The van der Waals surface area contributed by atoms with Crippen LogP contribution in [0.4, 0.5) is 0 Å². The summed E-state index contributed by atoms with van der Waals surface area (Å²) in [5.41, 5.74) is 6.52. The second kappa shape index (κ2) is 5.80. The summed E-state index contributed by atoms with van der Waals surface area (Å²) in [6, 6.07) is 10.8. The molecule has 0 fully saturated rings. The molecule has 0 aliphatic heterocycles. The molecule has 18 heavy (non-hydrogen) atoms. The molecule has 1 aromatic heterocycles. The normalized spacial score (nSPS) is 12.6. The van der Waals surface area contributed by atoms with Crippen LogP contribution in [0.5, 0.6) is 0 Å². The van der Waals surface area contributed by atoms with E-state index in [1.165, 1.54) is 11.1 Å². The summed E-state index contributed by atoms with van der Waals surface area (Å²) in [4.78, 5) is 0. The van der Waals surface area contributed by atoms with Crippen molar-refractivity contribution < 1.29 is 0 Å². The molecule has 1 aromatic carbocycles. The van der Waals surface area contributed by atoms with Crippen LogP contribution >= 0.6 is 0 Å². The van der Waals surface area contributed by atoms with Crippen molar-refractivity contribution in [2.45, 2.75) is 25.8 Å². The Morgan fingerprint density at radius 3 is 2.78 bits per heavy atom. The Bertz CT molecular complexity index is 504. The van der Waals surface area contributed by atoms with E-state index in [2.05, 4.69) is 41.7 Å². The topological polar surface area (TPSA) is 55.9 Å². The Labute approximate surface area is 108 Å². The van der Waals surface area contributed by atoms with E-state index >= 15 is 0 Å². The van der Waals surface area contributed by atoms with Crippen molar-refractivity contribution in [1.82, 2.24) is 15.2 Å². The van der Waals surface area contributed by atoms with Crippen molar-refractivity contribution >= 4 is 0 Å². The van der Waals surface area contributed by atoms with Crippen LogP contribution in [0.1, 0.15) is 16.8 Å². The Balaban J connectivity index is 2.01. The third-order valence-electron chi connectivity index (χ3n) is 3.02. The van der Waals surface area contributed by atoms with Crippen LogP contribution in [0.3, 0.4) is 0 Å². The fourth-order valence-electron chi connectivity index (χ4n) is 2.14. The molecular weight excluding hydrogens is 224 g/mol. The minimum atomic E-state index is 0.210. The van der Waals surface area contributed by atoms with Gasteiger partial charge in [0.2, 0.25) is 0 Å². The Kier molecular flexibility index (Phi) is 4.12. The molecule has 0 bridgehead atoms. The molecule has 0 amide bonds. The fraction of sp³-hybridized carbons (Fsp3) is 0.357. The van der Waals surface area contributed by atoms with E-state index in [0.717, 1.165) is 18.5 Å². The number of hydrazine groups is 1. The second-order valence-electron chi connectivity index (χ2n) is 4.74. The Hall–Kier alpha value is -1.65. The lowest BCUT2D eigenvalue weighted by atomic mass is 10.0. The third kappa shape index (κ3) is 3.42. The van der Waals surface area contributed by atoms with E-state index in [0.29, 0.717) is 0 Å². The molecule has 0 saturated heterocycles. The number of rotatable bonds is 5. The number of nitrogens with zero attached hydrogens (tertiary/aromatic N) is 2. The zero-order chi connectivity index (χ0) is 13.0. The van der Waals surface area contributed by atoms with Gasteiger partial charge in [0.25, 0.3) is 0 Å². The summed E-state index contributed by atoms with van der Waals surface area (Å²) in [6.07, 6.45) is 3.70. The molecule has 2 aromatic rings. The Morgan fingerprint density at radius 2 is 2.17 bits per heavy atom. The first-order valence-electron chi connectivity index (χ1n) is 6.17. The molecule has 0 saturated carbocycles. The van der Waals surface area contributed by atoms with Gasteiger partial charge in [-0.3, -0.25) is 16.0 Å². The summed E-state index contributed by atoms with van der Waals surface area (Å²) >= 11 is 0. The molecule has 4 nitrogen and oxygen atoms in total. The van der Waals surface area contributed by atoms with Crippen molar-refractivity contribution in [3.05, 3.63) is 53.3 Å². The van der Waals surface area contributed by atoms with E-state index in [1.807, 2.05) is 24.0 Å². The van der Waals surface area contributed by atoms with Gasteiger partial charge in [-0.1, -0.05) is 29.8 Å². The largest absolute Gasteiger partial charge is 0.276 e. The first kappa shape index (κ1) is 12.8. The summed E-state index contributed by atoms with van der Waals surface area (Å²) in [5.74, 6) is 5.63. The highest BCUT2D eigenvalue weighted by molar-refractivity contribution is 5.23. The highest BCUT2D eigenvalue weighted by Crippen LogP contribution is 2.09. The van der Waals surface area contributed by atoms with Gasteiger partial charge >= 0.3 is 0 Å². The Morgan fingerprint density at radius 1 is 1.33 bits per heavy atom. The molecule has 1 unspecified atom stereocenters. The van der Waals surface area contributed by atoms with Crippen LogP contribution < -0.4 is 11.3 Å². The molecule has 2 rings (SSSR count). The number of aryl methyl sites for hydroxylation is 2. The summed E-state index contributed by atoms with van der Waals surface area (Å²) < 4.78 is 1.82. The maximum absolute atomic E-state index is 5.63. The van der Waals surface area contributed by atoms with Crippen LogP contribution in [0.15, 0.2) is 36.5 Å². The van der Waals surface area contributed by atoms with Crippen LogP contribution in [0, 0.1) is 6.92 Å². The van der Waals surface area contributed by atoms with Gasteiger partial charge in [0.1, 0.15) is 0 Å². The SMILES string of the molecule is Cc1cccc(CC(Cc2ccn(C)n2)NN)c1. The zero-order valence-electron chi connectivity index (χ0n) is 10.9. The van der Waals surface area contributed by atoms with Crippen molar-refractivity contribution in [3.8, 4) is 0 Å². The van der Waals surface area contributed by atoms with Crippen LogP contribution in [0.2, 0.25) is 0 Å². The summed E-state index contributed by atoms with van der Waals surface area (Å²) in [6.45, 7) is 2.10. The van der Waals surface area contributed by atoms with Gasteiger partial charge in [0.05, 0.1) is 5.69 Å². The lowest BCUT2D eigenvalue weighted by Crippen LogP contribution is -2.38. The first-order valence-corrected chi connectivity index (χ1v) is 6.17. The van der Waals surface area contributed by atoms with Crippen LogP contribution in [-0.2, 0) is 19.9 Å². The molecule has 96 valence electrons. The minimum Gasteiger partial charge on any atom is -0.276 e. The summed E-state index contributed by atoms with van der Waals surface area (Å²) in [7, 11) is 1.93. The van der Waals surface area contributed by atoms with Gasteiger partial charge in [-0.05, 0) is 25.0 Å². The monoisotopic (exact) mass is 244 g/mol. The lowest BCUT2D eigenvalue weighted by Gasteiger charge is -2.15. The van der Waals surface area contributed by atoms with E-state index in [9.17, 15) is 0 Å². The van der Waals surface area contributed by atoms with E-state index in [4.69, 9.17) is 5.84 Å². The fourth-order valence-corrected chi connectivity index (χ4v) is 2.14. The molecule has 0 radical (unpaired) electrons. The molecule has 1 heterocycles. The van der Waals surface area contributed by atoms with Crippen LogP contribution in [0.25, 0.3) is 0 Å². The van der Waals surface area contributed by atoms with Gasteiger partial charge in [-0.25, -0.2) is 0 Å². The van der Waals surface area contributed by atoms with E-state index in [-0.39, 0.29) is 6.04 Å². The average Bonchev–Trinajstić information content (AvgIpc) is 2.74. The van der Waals surface area contributed by atoms with E-state index < -0.39 is 0 Å². The molecule has 0 spiro atoms. The van der Waals surface area contributed by atoms with Gasteiger partial charge < -0.3 is 0 Å². The van der Waals surface area contributed by atoms with Crippen molar-refractivity contribution in [3.63, 3.8) is 0 Å². The summed E-state index contributed by atoms with van der Waals surface area (Å²) in [5, 5.41) is 4.38. The minimum absolute atomic E-state index is 0.210. The molecule has 0 aliphatic rings. The van der Waals surface area contributed by atoms with Gasteiger partial charge in [-0.15, -0.1) is 0 Å². The number of aromatic nitrogens is 2. The van der Waals surface area contributed by atoms with Gasteiger partial charge in [0.15, 0.2) is 0 Å². The third-order valence-corrected chi connectivity index (χ3v) is 3.02. The highest BCUT2D eigenvalue weighted by Gasteiger charge is 2.10. The van der Waals surface area contributed by atoms with Crippen LogP contribution in [-0.4, -0.2) is 15.8 Å². The molecule has 4 heteroatoms. The smallest absolute Gasteiger partial charge is 0.0640 e. The second-order valence-corrected chi connectivity index (χ2v) is 4.74. The molecule has 3 N–H and O–H groups in total. The number of hydrogen-bond acceptors (Lipinski definition) is 3. The maximum Gasteiger partial charge on any atom is 0.0640 e. The molecule has 1 atom stereocenters. The maximum atomic E-state index is 5.63. The van der Waals surface area contributed by atoms with E-state index in [1.54, 1.807) is 0 Å². The zero-order valence-corrected chi connectivity index (χ0v) is 10.9. The van der Waals surface area contributed by atoms with Crippen molar-refractivity contribution in [1.29, 1.82) is 0 Å². The first-order chi connectivity index (χ1) is 8.67. The predicted molar refractivity (Wildman–Crippen MR) is 72.9 cm³/mol. The number of nitrogens with two attached hydrogens (primary N) is 1. The van der Waals surface area contributed by atoms with Crippen molar-refractivity contribution in [2.75, 3.05) is 0 Å². The number of hydrogen-bond donors (Lipinski definition) is 2. The standard InChI is InChI=1S/C14H20N4/c1-11-4-3-5-12(8-11)9-14(16-15)10-13-6-7-18(2)17-13/h3-8,14,16H,9-10,15H2,1-2H3. The molecule has 0 aliphatic carbocycles. The van der Waals surface area contributed by atoms with Crippen molar-refractivity contribution in [2.24, 2.45) is 12.9 Å². The van der Waals surface area contributed by atoms with Gasteiger partial charge in [0, 0.05) is 25.7 Å². The average molecular weight is 244 g/mol. The molecular formula is C14H20N4. The predicted octanol–water partition coefficient (Wildman–Crippen LogP) is 1.35. The van der Waals surface area contributed by atoms with Gasteiger partial charge in [-0.2, -0.15) is 5.10 Å². The highest BCUT2D eigenvalue weighted by atomic mass is 15.3.